The number of H-pyrrole nitrogens is 1. The lowest BCUT2D eigenvalue weighted by molar-refractivity contribution is 0.173. The van der Waals surface area contributed by atoms with E-state index in [1.807, 2.05) is 37.4 Å². The predicted octanol–water partition coefficient (Wildman–Crippen LogP) is 6.63. The van der Waals surface area contributed by atoms with Crippen molar-refractivity contribution >= 4 is 11.6 Å². The van der Waals surface area contributed by atoms with E-state index >= 15 is 0 Å². The van der Waals surface area contributed by atoms with Crippen LogP contribution >= 0.6 is 11.6 Å². The number of halogens is 1. The van der Waals surface area contributed by atoms with Crippen LogP contribution in [0.15, 0.2) is 73.3 Å². The van der Waals surface area contributed by atoms with E-state index in [4.69, 9.17) is 25.8 Å². The fraction of sp³-hybridized carbons (Fsp3) is 0.350. The Balaban J connectivity index is 1.16. The van der Waals surface area contributed by atoms with Crippen LogP contribution in [0, 0.1) is 25.2 Å². The zero-order valence-corrected chi connectivity index (χ0v) is 30.6. The van der Waals surface area contributed by atoms with Crippen LogP contribution in [0.2, 0.25) is 5.02 Å². The average Bonchev–Trinajstić information content (AvgIpc) is 3.82. The number of rotatable bonds is 16. The van der Waals surface area contributed by atoms with E-state index in [-0.39, 0.29) is 12.7 Å². The van der Waals surface area contributed by atoms with Gasteiger partial charge in [-0.05, 0) is 79.8 Å². The second kappa shape index (κ2) is 17.5. The van der Waals surface area contributed by atoms with Crippen molar-refractivity contribution in [2.24, 2.45) is 0 Å². The van der Waals surface area contributed by atoms with E-state index in [1.54, 1.807) is 12.3 Å². The number of nitrogens with zero attached hydrogens (tertiary/aromatic N) is 6. The molecule has 12 heteroatoms. The van der Waals surface area contributed by atoms with Crippen molar-refractivity contribution in [3.05, 3.63) is 118 Å². The minimum Gasteiger partial charge on any atom is -0.493 e. The Morgan fingerprint density at radius 2 is 1.77 bits per heavy atom. The molecule has 5 aromatic rings. The summed E-state index contributed by atoms with van der Waals surface area (Å²) in [5, 5.41) is 26.4. The summed E-state index contributed by atoms with van der Waals surface area (Å²) in [4.78, 5) is 12.8. The van der Waals surface area contributed by atoms with Crippen molar-refractivity contribution in [1.82, 2.24) is 30.0 Å². The molecular weight excluding hydrogens is 678 g/mol. The lowest BCUT2D eigenvalue weighted by atomic mass is 9.93. The second-order valence-electron chi connectivity index (χ2n) is 13.2. The number of hydrogen-bond acceptors (Lipinski definition) is 10. The number of aliphatic hydroxyl groups is 1. The monoisotopic (exact) mass is 721 g/mol. The summed E-state index contributed by atoms with van der Waals surface area (Å²) < 4.78 is 18.9. The third-order valence-corrected chi connectivity index (χ3v) is 9.58. The Kier molecular flexibility index (Phi) is 12.4. The number of pyridine rings is 1. The van der Waals surface area contributed by atoms with Crippen molar-refractivity contribution in [2.45, 2.75) is 59.1 Å². The molecule has 2 aromatic heterocycles. The van der Waals surface area contributed by atoms with Crippen molar-refractivity contribution in [2.75, 3.05) is 33.3 Å². The van der Waals surface area contributed by atoms with Crippen LogP contribution in [0.3, 0.4) is 0 Å². The van der Waals surface area contributed by atoms with Crippen LogP contribution in [0.25, 0.3) is 11.1 Å². The number of aliphatic hydroxyl groups excluding tert-OH is 1. The molecule has 3 aromatic carbocycles. The number of aromatic amines is 1. The highest BCUT2D eigenvalue weighted by Crippen LogP contribution is 2.37. The zero-order valence-electron chi connectivity index (χ0n) is 29.8. The third kappa shape index (κ3) is 9.46. The van der Waals surface area contributed by atoms with Gasteiger partial charge in [-0.2, -0.15) is 10.4 Å². The normalized spacial score (nSPS) is 14.4. The SMILES string of the molecule is Cc1c(COc2cc(OCc3cncc(C#N)c3)c(CN(C)Cc3ncn[nH]3)cc2Cl)cccc1-c1cccc(OCCCN2CCC(O)C2)c1C. The molecular formula is C40H44ClN7O4. The zero-order chi connectivity index (χ0) is 36.5. The third-order valence-electron chi connectivity index (χ3n) is 9.29. The highest BCUT2D eigenvalue weighted by Gasteiger charge is 2.20. The summed E-state index contributed by atoms with van der Waals surface area (Å²) in [5.74, 6) is 2.74. The van der Waals surface area contributed by atoms with Crippen LogP contribution in [0.1, 0.15) is 52.0 Å². The Hall–Kier alpha value is -4.99. The molecule has 1 aliphatic heterocycles. The van der Waals surface area contributed by atoms with Crippen LogP contribution in [0.5, 0.6) is 17.2 Å². The molecule has 2 N–H and O–H groups in total. The van der Waals surface area contributed by atoms with Gasteiger partial charge in [0.2, 0.25) is 0 Å². The molecule has 0 saturated carbocycles. The van der Waals surface area contributed by atoms with Crippen LogP contribution in [-0.4, -0.2) is 74.5 Å². The number of hydrogen-bond donors (Lipinski definition) is 2. The summed E-state index contributed by atoms with van der Waals surface area (Å²) >= 11 is 6.85. The molecule has 1 aliphatic rings. The largest absolute Gasteiger partial charge is 0.493 e. The molecule has 3 heterocycles. The van der Waals surface area contributed by atoms with Crippen molar-refractivity contribution in [3.8, 4) is 34.4 Å². The summed E-state index contributed by atoms with van der Waals surface area (Å²) in [5.41, 5.74) is 7.57. The maximum absolute atomic E-state index is 9.80. The topological polar surface area (TPSA) is 133 Å². The highest BCUT2D eigenvalue weighted by molar-refractivity contribution is 6.32. The molecule has 0 aliphatic carbocycles. The number of β-amino-alcohol motifs (C(OH)–C–C–N with tert-alkyl or cyclic N) is 1. The molecule has 1 atom stereocenters. The van der Waals surface area contributed by atoms with Gasteiger partial charge in [0.25, 0.3) is 0 Å². The molecule has 0 spiro atoms. The standard InChI is InChI=1S/C40H44ClN7O4/c1-27-31(7-4-8-34(27)35-9-5-10-37(28(35)2)50-14-6-12-48-13-11-33(49)22-48)25-52-39-17-38(51-24-30-15-29(18-42)19-43-20-30)32(16-36(39)41)21-47(3)23-40-44-26-45-46-40/h4-5,7-10,15-17,19-20,26,33,49H,6,11-14,21-25H2,1-3H3,(H,44,45,46). The molecule has 1 saturated heterocycles. The van der Waals surface area contributed by atoms with Gasteiger partial charge in [0.05, 0.1) is 29.8 Å². The summed E-state index contributed by atoms with van der Waals surface area (Å²) in [6.07, 6.45) is 6.25. The van der Waals surface area contributed by atoms with Gasteiger partial charge in [-0.1, -0.05) is 41.9 Å². The quantitative estimate of drug-likeness (QED) is 0.107. The molecule has 0 amide bonds. The van der Waals surface area contributed by atoms with Gasteiger partial charge in [-0.3, -0.25) is 15.0 Å². The van der Waals surface area contributed by atoms with E-state index in [0.29, 0.717) is 48.4 Å². The average molecular weight is 722 g/mol. The van der Waals surface area contributed by atoms with Crippen LogP contribution in [0.4, 0.5) is 0 Å². The molecule has 52 heavy (non-hydrogen) atoms. The van der Waals surface area contributed by atoms with Gasteiger partial charge < -0.3 is 24.2 Å². The molecule has 0 radical (unpaired) electrons. The van der Waals surface area contributed by atoms with Gasteiger partial charge >= 0.3 is 0 Å². The van der Waals surface area contributed by atoms with E-state index in [2.05, 4.69) is 68.1 Å². The minimum absolute atomic E-state index is 0.203. The second-order valence-corrected chi connectivity index (χ2v) is 13.6. The van der Waals surface area contributed by atoms with Crippen molar-refractivity contribution in [3.63, 3.8) is 0 Å². The summed E-state index contributed by atoms with van der Waals surface area (Å²) in [7, 11) is 1.98. The number of benzene rings is 3. The van der Waals surface area contributed by atoms with Crippen molar-refractivity contribution < 1.29 is 19.3 Å². The molecule has 1 unspecified atom stereocenters. The van der Waals surface area contributed by atoms with Crippen LogP contribution in [-0.2, 0) is 26.3 Å². The summed E-state index contributed by atoms with van der Waals surface area (Å²) in [6, 6.07) is 20.0. The van der Waals surface area contributed by atoms with Gasteiger partial charge in [0.15, 0.2) is 0 Å². The molecule has 6 rings (SSSR count). The lowest BCUT2D eigenvalue weighted by Gasteiger charge is -2.20. The van der Waals surface area contributed by atoms with E-state index in [9.17, 15) is 10.4 Å². The predicted molar refractivity (Wildman–Crippen MR) is 199 cm³/mol. The lowest BCUT2D eigenvalue weighted by Crippen LogP contribution is -2.24. The molecule has 1 fully saturated rings. The number of nitrogens with one attached hydrogen (secondary N) is 1. The van der Waals surface area contributed by atoms with Gasteiger partial charge in [0.1, 0.15) is 48.7 Å². The van der Waals surface area contributed by atoms with Gasteiger partial charge in [-0.25, -0.2) is 4.98 Å². The maximum Gasteiger partial charge on any atom is 0.142 e. The fourth-order valence-corrected chi connectivity index (χ4v) is 6.72. The number of nitriles is 1. The van der Waals surface area contributed by atoms with Gasteiger partial charge in [-0.15, -0.1) is 0 Å². The minimum atomic E-state index is -0.203. The highest BCUT2D eigenvalue weighted by atomic mass is 35.5. The van der Waals surface area contributed by atoms with Crippen LogP contribution < -0.4 is 14.2 Å². The molecule has 270 valence electrons. The molecule has 0 bridgehead atoms. The number of ether oxygens (including phenoxy) is 3. The Morgan fingerprint density at radius 1 is 0.962 bits per heavy atom. The maximum atomic E-state index is 9.80. The molecule has 11 nitrogen and oxygen atoms in total. The van der Waals surface area contributed by atoms with E-state index < -0.39 is 0 Å². The Bertz CT molecular complexity index is 2000. The van der Waals surface area contributed by atoms with Gasteiger partial charge in [0, 0.05) is 55.8 Å². The smallest absolute Gasteiger partial charge is 0.142 e. The van der Waals surface area contributed by atoms with Crippen molar-refractivity contribution in [1.29, 1.82) is 5.26 Å². The first-order chi connectivity index (χ1) is 25.3. The fourth-order valence-electron chi connectivity index (χ4n) is 6.48. The number of aromatic nitrogens is 4. The Morgan fingerprint density at radius 3 is 2.54 bits per heavy atom. The van der Waals surface area contributed by atoms with E-state index in [1.165, 1.54) is 12.5 Å². The number of likely N-dealkylation sites (tertiary alicyclic amines) is 1. The first-order valence-electron chi connectivity index (χ1n) is 17.4. The first kappa shape index (κ1) is 36.8. The van der Waals surface area contributed by atoms with E-state index in [0.717, 1.165) is 83.0 Å². The first-order valence-corrected chi connectivity index (χ1v) is 17.8. The summed E-state index contributed by atoms with van der Waals surface area (Å²) in [6.45, 7) is 9.05. The Labute approximate surface area is 309 Å².